The molecule has 0 atom stereocenters. The van der Waals surface area contributed by atoms with E-state index in [1.165, 1.54) is 24.3 Å². The van der Waals surface area contributed by atoms with Crippen LogP contribution in [0.3, 0.4) is 0 Å². The SMILES string of the molecule is Cc1cc(F)ccc1COC(=O)c1ccc(N)cc1Cl. The van der Waals surface area contributed by atoms with Gasteiger partial charge in [-0.15, -0.1) is 0 Å². The summed E-state index contributed by atoms with van der Waals surface area (Å²) in [5.41, 5.74) is 7.74. The van der Waals surface area contributed by atoms with Gasteiger partial charge in [0.25, 0.3) is 0 Å². The van der Waals surface area contributed by atoms with Gasteiger partial charge in [0.2, 0.25) is 0 Å². The van der Waals surface area contributed by atoms with Gasteiger partial charge in [-0.3, -0.25) is 0 Å². The zero-order valence-electron chi connectivity index (χ0n) is 10.8. The number of nitrogen functional groups attached to an aromatic ring is 1. The number of anilines is 1. The lowest BCUT2D eigenvalue weighted by atomic mass is 10.1. The molecule has 3 nitrogen and oxygen atoms in total. The highest BCUT2D eigenvalue weighted by Gasteiger charge is 2.12. The first-order valence-corrected chi connectivity index (χ1v) is 6.32. The van der Waals surface area contributed by atoms with Crippen LogP contribution in [0.5, 0.6) is 0 Å². The monoisotopic (exact) mass is 293 g/mol. The minimum absolute atomic E-state index is 0.0612. The highest BCUT2D eigenvalue weighted by atomic mass is 35.5. The van der Waals surface area contributed by atoms with Crippen LogP contribution in [0.1, 0.15) is 21.5 Å². The molecule has 2 aromatic rings. The summed E-state index contributed by atoms with van der Waals surface area (Å²) in [5, 5.41) is 0.242. The summed E-state index contributed by atoms with van der Waals surface area (Å²) in [6.45, 7) is 1.81. The number of hydrogen-bond donors (Lipinski definition) is 1. The molecule has 0 bridgehead atoms. The Morgan fingerprint density at radius 3 is 2.70 bits per heavy atom. The molecule has 2 aromatic carbocycles. The van der Waals surface area contributed by atoms with Crippen LogP contribution in [0.2, 0.25) is 5.02 Å². The molecule has 0 saturated carbocycles. The van der Waals surface area contributed by atoms with Gasteiger partial charge in [0.1, 0.15) is 12.4 Å². The zero-order valence-corrected chi connectivity index (χ0v) is 11.6. The highest BCUT2D eigenvalue weighted by Crippen LogP contribution is 2.21. The molecule has 20 heavy (non-hydrogen) atoms. The van der Waals surface area contributed by atoms with Crippen LogP contribution in [0.4, 0.5) is 10.1 Å². The van der Waals surface area contributed by atoms with Gasteiger partial charge in [-0.05, 0) is 48.4 Å². The molecule has 0 unspecified atom stereocenters. The van der Waals surface area contributed by atoms with Gasteiger partial charge in [0.05, 0.1) is 10.6 Å². The van der Waals surface area contributed by atoms with Crippen molar-refractivity contribution in [3.63, 3.8) is 0 Å². The molecule has 0 aliphatic rings. The predicted molar refractivity (Wildman–Crippen MR) is 76.1 cm³/mol. The summed E-state index contributed by atoms with van der Waals surface area (Å²) in [6, 6.07) is 8.87. The summed E-state index contributed by atoms with van der Waals surface area (Å²) >= 11 is 5.93. The standard InChI is InChI=1S/C15H13ClFNO2/c1-9-6-11(17)3-2-10(9)8-20-15(19)13-5-4-12(18)7-14(13)16/h2-7H,8,18H2,1H3. The van der Waals surface area contributed by atoms with E-state index in [4.69, 9.17) is 22.1 Å². The molecular formula is C15H13ClFNO2. The number of hydrogen-bond acceptors (Lipinski definition) is 3. The number of ether oxygens (including phenoxy) is 1. The van der Waals surface area contributed by atoms with Crippen LogP contribution in [-0.4, -0.2) is 5.97 Å². The number of halogens is 2. The predicted octanol–water partition coefficient (Wildman–Crippen LogP) is 3.73. The van der Waals surface area contributed by atoms with E-state index in [1.807, 2.05) is 0 Å². The molecule has 0 aliphatic carbocycles. The highest BCUT2D eigenvalue weighted by molar-refractivity contribution is 6.33. The molecule has 2 rings (SSSR count). The Morgan fingerprint density at radius 1 is 1.30 bits per heavy atom. The fraction of sp³-hybridized carbons (Fsp3) is 0.133. The van der Waals surface area contributed by atoms with Crippen molar-refractivity contribution in [2.45, 2.75) is 13.5 Å². The van der Waals surface area contributed by atoms with Gasteiger partial charge in [-0.1, -0.05) is 17.7 Å². The number of carbonyl (C=O) groups is 1. The van der Waals surface area contributed by atoms with Crippen LogP contribution in [0.15, 0.2) is 36.4 Å². The van der Waals surface area contributed by atoms with Crippen LogP contribution in [0, 0.1) is 12.7 Å². The fourth-order valence-corrected chi connectivity index (χ4v) is 2.01. The first kappa shape index (κ1) is 14.3. The van der Waals surface area contributed by atoms with Crippen LogP contribution < -0.4 is 5.73 Å². The van der Waals surface area contributed by atoms with E-state index in [0.29, 0.717) is 5.69 Å². The van der Waals surface area contributed by atoms with E-state index in [2.05, 4.69) is 0 Å². The van der Waals surface area contributed by atoms with Gasteiger partial charge >= 0.3 is 5.97 Å². The molecule has 0 amide bonds. The van der Waals surface area contributed by atoms with E-state index in [-0.39, 0.29) is 23.0 Å². The smallest absolute Gasteiger partial charge is 0.339 e. The van der Waals surface area contributed by atoms with E-state index >= 15 is 0 Å². The zero-order chi connectivity index (χ0) is 14.7. The molecule has 0 spiro atoms. The second kappa shape index (κ2) is 5.92. The lowest BCUT2D eigenvalue weighted by Gasteiger charge is -2.09. The maximum atomic E-state index is 13.0. The molecule has 104 valence electrons. The fourth-order valence-electron chi connectivity index (χ4n) is 1.74. The number of carbonyl (C=O) groups excluding carboxylic acids is 1. The van der Waals surface area contributed by atoms with E-state index in [0.717, 1.165) is 11.1 Å². The molecule has 5 heteroatoms. The summed E-state index contributed by atoms with van der Waals surface area (Å²) < 4.78 is 18.1. The number of esters is 1. The lowest BCUT2D eigenvalue weighted by Crippen LogP contribution is -2.07. The quantitative estimate of drug-likeness (QED) is 0.693. The van der Waals surface area contributed by atoms with Crippen molar-refractivity contribution in [2.24, 2.45) is 0 Å². The molecule has 2 N–H and O–H groups in total. The van der Waals surface area contributed by atoms with Crippen LogP contribution in [-0.2, 0) is 11.3 Å². The molecule has 0 saturated heterocycles. The summed E-state index contributed by atoms with van der Waals surface area (Å²) in [5.74, 6) is -0.863. The molecular weight excluding hydrogens is 281 g/mol. The van der Waals surface area contributed by atoms with Crippen molar-refractivity contribution in [1.29, 1.82) is 0 Å². The van der Waals surface area contributed by atoms with Crippen LogP contribution >= 0.6 is 11.6 Å². The van der Waals surface area contributed by atoms with Crippen molar-refractivity contribution >= 4 is 23.3 Å². The molecule has 0 fully saturated rings. The molecule has 0 radical (unpaired) electrons. The second-order valence-corrected chi connectivity index (χ2v) is 4.79. The van der Waals surface area contributed by atoms with Gasteiger partial charge in [0, 0.05) is 5.69 Å². The molecule has 0 aromatic heterocycles. The third kappa shape index (κ3) is 3.27. The number of benzene rings is 2. The van der Waals surface area contributed by atoms with Crippen molar-refractivity contribution in [3.05, 3.63) is 63.9 Å². The Balaban J connectivity index is 2.08. The largest absolute Gasteiger partial charge is 0.457 e. The van der Waals surface area contributed by atoms with Crippen molar-refractivity contribution in [1.82, 2.24) is 0 Å². The minimum atomic E-state index is -0.543. The Bertz CT molecular complexity index is 658. The normalized spacial score (nSPS) is 10.3. The lowest BCUT2D eigenvalue weighted by molar-refractivity contribution is 0.0472. The number of aryl methyl sites for hydroxylation is 1. The van der Waals surface area contributed by atoms with E-state index in [1.54, 1.807) is 19.1 Å². The average Bonchev–Trinajstić information content (AvgIpc) is 2.37. The van der Waals surface area contributed by atoms with Gasteiger partial charge in [-0.2, -0.15) is 0 Å². The van der Waals surface area contributed by atoms with E-state index < -0.39 is 5.97 Å². The summed E-state index contributed by atoms with van der Waals surface area (Å²) in [6.07, 6.45) is 0. The summed E-state index contributed by atoms with van der Waals surface area (Å²) in [7, 11) is 0. The van der Waals surface area contributed by atoms with E-state index in [9.17, 15) is 9.18 Å². The Kier molecular flexibility index (Phi) is 4.25. The molecule has 0 aliphatic heterocycles. The second-order valence-electron chi connectivity index (χ2n) is 4.39. The Labute approximate surface area is 121 Å². The Hall–Kier alpha value is -2.07. The third-order valence-corrected chi connectivity index (χ3v) is 3.19. The maximum absolute atomic E-state index is 13.0. The maximum Gasteiger partial charge on any atom is 0.339 e. The topological polar surface area (TPSA) is 52.3 Å². The Morgan fingerprint density at radius 2 is 2.05 bits per heavy atom. The van der Waals surface area contributed by atoms with Gasteiger partial charge in [-0.25, -0.2) is 9.18 Å². The molecule has 0 heterocycles. The summed E-state index contributed by atoms with van der Waals surface area (Å²) in [4.78, 5) is 11.9. The van der Waals surface area contributed by atoms with Crippen molar-refractivity contribution in [2.75, 3.05) is 5.73 Å². The van der Waals surface area contributed by atoms with Gasteiger partial charge < -0.3 is 10.5 Å². The first-order chi connectivity index (χ1) is 9.47. The average molecular weight is 294 g/mol. The third-order valence-electron chi connectivity index (χ3n) is 2.88. The number of rotatable bonds is 3. The van der Waals surface area contributed by atoms with Gasteiger partial charge in [0.15, 0.2) is 0 Å². The van der Waals surface area contributed by atoms with Crippen molar-refractivity contribution < 1.29 is 13.9 Å². The first-order valence-electron chi connectivity index (χ1n) is 5.94. The number of nitrogens with two attached hydrogens (primary N) is 1. The minimum Gasteiger partial charge on any atom is -0.457 e. The van der Waals surface area contributed by atoms with Crippen molar-refractivity contribution in [3.8, 4) is 0 Å². The van der Waals surface area contributed by atoms with Crippen LogP contribution in [0.25, 0.3) is 0 Å².